The molecular formula is C20H19NO3S2. The SMILES string of the molecule is CC(=O)c1ccc(-c2ccccc2)cc1NS(=O)(=O)c1sc(C)cc1C. The van der Waals surface area contributed by atoms with Gasteiger partial charge in [0.1, 0.15) is 4.21 Å². The van der Waals surface area contributed by atoms with E-state index in [0.717, 1.165) is 16.0 Å². The summed E-state index contributed by atoms with van der Waals surface area (Å²) in [5.41, 5.74) is 3.13. The fourth-order valence-electron chi connectivity index (χ4n) is 2.82. The first-order valence-corrected chi connectivity index (χ1v) is 10.4. The van der Waals surface area contributed by atoms with Gasteiger partial charge in [-0.1, -0.05) is 36.4 Å². The van der Waals surface area contributed by atoms with Crippen LogP contribution < -0.4 is 4.72 Å². The van der Waals surface area contributed by atoms with Crippen molar-refractivity contribution in [2.24, 2.45) is 0 Å². The van der Waals surface area contributed by atoms with Gasteiger partial charge in [-0.15, -0.1) is 11.3 Å². The van der Waals surface area contributed by atoms with E-state index in [1.165, 1.54) is 18.3 Å². The molecule has 1 aromatic heterocycles. The van der Waals surface area contributed by atoms with Gasteiger partial charge in [0.15, 0.2) is 5.78 Å². The van der Waals surface area contributed by atoms with Crippen LogP contribution in [0.3, 0.4) is 0 Å². The average Bonchev–Trinajstić information content (AvgIpc) is 2.94. The normalized spacial score (nSPS) is 11.3. The summed E-state index contributed by atoms with van der Waals surface area (Å²) in [6, 6.07) is 16.6. The minimum absolute atomic E-state index is 0.193. The summed E-state index contributed by atoms with van der Waals surface area (Å²) in [6.07, 6.45) is 0. The lowest BCUT2D eigenvalue weighted by Crippen LogP contribution is -2.15. The molecule has 1 N–H and O–H groups in total. The second kappa shape index (κ2) is 7.05. The maximum absolute atomic E-state index is 12.8. The van der Waals surface area contributed by atoms with E-state index in [2.05, 4.69) is 4.72 Å². The second-order valence-corrected chi connectivity index (χ2v) is 9.25. The quantitative estimate of drug-likeness (QED) is 0.626. The van der Waals surface area contributed by atoms with Crippen LogP contribution in [0.4, 0.5) is 5.69 Å². The molecule has 0 bridgehead atoms. The Morgan fingerprint density at radius 2 is 1.65 bits per heavy atom. The van der Waals surface area contributed by atoms with Gasteiger partial charge in [0.25, 0.3) is 10.0 Å². The number of nitrogens with one attached hydrogen (secondary N) is 1. The molecule has 0 aliphatic heterocycles. The Morgan fingerprint density at radius 3 is 2.23 bits per heavy atom. The summed E-state index contributed by atoms with van der Waals surface area (Å²) in [6.45, 7) is 5.06. The summed E-state index contributed by atoms with van der Waals surface area (Å²) >= 11 is 1.22. The number of aryl methyl sites for hydroxylation is 2. The van der Waals surface area contributed by atoms with Gasteiger partial charge in [0.2, 0.25) is 0 Å². The summed E-state index contributed by atoms with van der Waals surface area (Å²) in [7, 11) is -3.76. The van der Waals surface area contributed by atoms with Gasteiger partial charge < -0.3 is 0 Å². The molecule has 1 heterocycles. The number of ketones is 1. The van der Waals surface area contributed by atoms with E-state index in [-0.39, 0.29) is 9.99 Å². The molecule has 0 fully saturated rings. The lowest BCUT2D eigenvalue weighted by atomic mass is 10.0. The maximum Gasteiger partial charge on any atom is 0.271 e. The third-order valence-electron chi connectivity index (χ3n) is 3.99. The molecule has 134 valence electrons. The van der Waals surface area contributed by atoms with E-state index in [1.54, 1.807) is 19.1 Å². The van der Waals surface area contributed by atoms with Crippen molar-refractivity contribution in [3.8, 4) is 11.1 Å². The molecule has 3 aromatic rings. The Balaban J connectivity index is 2.08. The monoisotopic (exact) mass is 385 g/mol. The van der Waals surface area contributed by atoms with Crippen molar-refractivity contribution in [3.05, 3.63) is 70.6 Å². The molecule has 0 aliphatic rings. The summed E-state index contributed by atoms with van der Waals surface area (Å²) in [5, 5.41) is 0. The van der Waals surface area contributed by atoms with Crippen LogP contribution in [0.1, 0.15) is 27.7 Å². The number of carbonyl (C=O) groups excluding carboxylic acids is 1. The molecule has 0 radical (unpaired) electrons. The van der Waals surface area contributed by atoms with E-state index in [4.69, 9.17) is 0 Å². The zero-order valence-corrected chi connectivity index (χ0v) is 16.4. The van der Waals surface area contributed by atoms with Crippen LogP contribution in [0, 0.1) is 13.8 Å². The number of Topliss-reactive ketones (excluding diaryl/α,β-unsaturated/α-hetero) is 1. The molecule has 0 atom stereocenters. The molecule has 0 saturated heterocycles. The standard InChI is InChI=1S/C20H19NO3S2/c1-13-11-14(2)25-20(13)26(23,24)21-19-12-17(9-10-18(19)15(3)22)16-7-5-4-6-8-16/h4-12,21H,1-3H3. The number of anilines is 1. The van der Waals surface area contributed by atoms with E-state index >= 15 is 0 Å². The predicted octanol–water partition coefficient (Wildman–Crippen LogP) is 5.04. The molecule has 3 rings (SSSR count). The number of thiophene rings is 1. The zero-order chi connectivity index (χ0) is 18.9. The summed E-state index contributed by atoms with van der Waals surface area (Å²) < 4.78 is 28.6. The zero-order valence-electron chi connectivity index (χ0n) is 14.7. The van der Waals surface area contributed by atoms with Crippen molar-refractivity contribution in [2.75, 3.05) is 4.72 Å². The van der Waals surface area contributed by atoms with Gasteiger partial charge in [-0.25, -0.2) is 8.42 Å². The van der Waals surface area contributed by atoms with E-state index in [9.17, 15) is 13.2 Å². The van der Waals surface area contributed by atoms with Gasteiger partial charge >= 0.3 is 0 Å². The molecule has 2 aromatic carbocycles. The Bertz CT molecular complexity index is 1070. The molecule has 0 unspecified atom stereocenters. The number of carbonyl (C=O) groups is 1. The van der Waals surface area contributed by atoms with Crippen LogP contribution in [0.5, 0.6) is 0 Å². The average molecular weight is 386 g/mol. The van der Waals surface area contributed by atoms with Gasteiger partial charge in [0, 0.05) is 10.4 Å². The van der Waals surface area contributed by atoms with Crippen molar-refractivity contribution in [2.45, 2.75) is 25.0 Å². The lowest BCUT2D eigenvalue weighted by molar-refractivity contribution is 0.101. The molecule has 6 heteroatoms. The maximum atomic E-state index is 12.8. The van der Waals surface area contributed by atoms with Gasteiger partial charge in [-0.05, 0) is 55.7 Å². The van der Waals surface area contributed by atoms with Gasteiger partial charge in [0.05, 0.1) is 5.69 Å². The number of benzene rings is 2. The highest BCUT2D eigenvalue weighted by atomic mass is 32.2. The first-order valence-electron chi connectivity index (χ1n) is 8.08. The fraction of sp³-hybridized carbons (Fsp3) is 0.150. The number of hydrogen-bond donors (Lipinski definition) is 1. The Labute approximate surface area is 157 Å². The largest absolute Gasteiger partial charge is 0.294 e. The Kier molecular flexibility index (Phi) is 4.98. The number of sulfonamides is 1. The fourth-order valence-corrected chi connectivity index (χ4v) is 5.56. The molecule has 26 heavy (non-hydrogen) atoms. The number of hydrogen-bond acceptors (Lipinski definition) is 4. The molecular weight excluding hydrogens is 366 g/mol. The Morgan fingerprint density at radius 1 is 0.962 bits per heavy atom. The Hall–Kier alpha value is -2.44. The minimum Gasteiger partial charge on any atom is -0.294 e. The highest BCUT2D eigenvalue weighted by Gasteiger charge is 2.22. The first kappa shape index (κ1) is 18.4. The van der Waals surface area contributed by atoms with E-state index < -0.39 is 10.0 Å². The topological polar surface area (TPSA) is 63.2 Å². The highest BCUT2D eigenvalue weighted by Crippen LogP contribution is 2.31. The summed E-state index contributed by atoms with van der Waals surface area (Å²) in [5.74, 6) is -0.193. The van der Waals surface area contributed by atoms with E-state index in [1.807, 2.05) is 49.4 Å². The van der Waals surface area contributed by atoms with Crippen LogP contribution in [0.25, 0.3) is 11.1 Å². The smallest absolute Gasteiger partial charge is 0.271 e. The molecule has 4 nitrogen and oxygen atoms in total. The van der Waals surface area contributed by atoms with Crippen LogP contribution in [0.15, 0.2) is 58.8 Å². The van der Waals surface area contributed by atoms with Crippen LogP contribution in [-0.4, -0.2) is 14.2 Å². The van der Waals surface area contributed by atoms with Crippen molar-refractivity contribution >= 4 is 32.8 Å². The van der Waals surface area contributed by atoms with Crippen molar-refractivity contribution in [3.63, 3.8) is 0 Å². The molecule has 0 saturated carbocycles. The third kappa shape index (κ3) is 3.71. The van der Waals surface area contributed by atoms with Gasteiger partial charge in [-0.3, -0.25) is 9.52 Å². The van der Waals surface area contributed by atoms with Crippen molar-refractivity contribution < 1.29 is 13.2 Å². The first-order chi connectivity index (χ1) is 12.3. The van der Waals surface area contributed by atoms with Crippen molar-refractivity contribution in [1.82, 2.24) is 0 Å². The van der Waals surface area contributed by atoms with E-state index in [0.29, 0.717) is 16.8 Å². The molecule has 0 spiro atoms. The molecule has 0 amide bonds. The highest BCUT2D eigenvalue weighted by molar-refractivity contribution is 7.94. The van der Waals surface area contributed by atoms with Gasteiger partial charge in [-0.2, -0.15) is 0 Å². The third-order valence-corrected chi connectivity index (χ3v) is 7.14. The van der Waals surface area contributed by atoms with Crippen LogP contribution in [-0.2, 0) is 10.0 Å². The predicted molar refractivity (Wildman–Crippen MR) is 106 cm³/mol. The van der Waals surface area contributed by atoms with Crippen molar-refractivity contribution in [1.29, 1.82) is 0 Å². The lowest BCUT2D eigenvalue weighted by Gasteiger charge is -2.13. The number of rotatable bonds is 5. The summed E-state index contributed by atoms with van der Waals surface area (Å²) in [4.78, 5) is 12.9. The van der Waals surface area contributed by atoms with Crippen LogP contribution >= 0.6 is 11.3 Å². The minimum atomic E-state index is -3.76. The second-order valence-electron chi connectivity index (χ2n) is 6.12. The van der Waals surface area contributed by atoms with Crippen LogP contribution in [0.2, 0.25) is 0 Å². The molecule has 0 aliphatic carbocycles.